The van der Waals surface area contributed by atoms with Gasteiger partial charge >= 0.3 is 5.69 Å². The van der Waals surface area contributed by atoms with Gasteiger partial charge in [0.15, 0.2) is 11.9 Å². The molecule has 0 spiro atoms. The van der Waals surface area contributed by atoms with Gasteiger partial charge in [-0.15, -0.1) is 0 Å². The number of nitro benzene ring substituents is 1. The molecule has 0 radical (unpaired) electrons. The molecule has 0 saturated carbocycles. The lowest BCUT2D eigenvalue weighted by Crippen LogP contribution is -2.31. The number of nitrogens with one attached hydrogen (secondary N) is 2. The van der Waals surface area contributed by atoms with E-state index in [1.807, 2.05) is 6.07 Å². The number of hydrogen-bond acceptors (Lipinski definition) is 5. The average Bonchev–Trinajstić information content (AvgIpc) is 2.75. The van der Waals surface area contributed by atoms with Crippen LogP contribution in [0, 0.1) is 10.1 Å². The number of nitro groups is 1. The highest BCUT2D eigenvalue weighted by molar-refractivity contribution is 6.10. The summed E-state index contributed by atoms with van der Waals surface area (Å²) in [5, 5.41) is 16.5. The molecule has 30 heavy (non-hydrogen) atoms. The van der Waals surface area contributed by atoms with E-state index in [1.54, 1.807) is 54.6 Å². The minimum Gasteiger partial charge on any atom is -0.474 e. The maximum absolute atomic E-state index is 12.6. The van der Waals surface area contributed by atoms with Gasteiger partial charge in [0.05, 0.1) is 16.2 Å². The Morgan fingerprint density at radius 3 is 2.27 bits per heavy atom. The summed E-state index contributed by atoms with van der Waals surface area (Å²) in [7, 11) is 0. The molecule has 2 amide bonds. The zero-order valence-electron chi connectivity index (χ0n) is 16.1. The Balaban J connectivity index is 1.73. The van der Waals surface area contributed by atoms with Gasteiger partial charge < -0.3 is 15.4 Å². The van der Waals surface area contributed by atoms with Crippen LogP contribution >= 0.6 is 0 Å². The van der Waals surface area contributed by atoms with E-state index in [2.05, 4.69) is 10.6 Å². The highest BCUT2D eigenvalue weighted by Gasteiger charge is 2.22. The Kier molecular flexibility index (Phi) is 6.39. The molecule has 8 nitrogen and oxygen atoms in total. The molecule has 1 unspecified atom stereocenters. The third kappa shape index (κ3) is 4.99. The molecule has 2 N–H and O–H groups in total. The van der Waals surface area contributed by atoms with Gasteiger partial charge in [-0.3, -0.25) is 19.7 Å². The van der Waals surface area contributed by atoms with Crippen LogP contribution in [0.5, 0.6) is 5.75 Å². The van der Waals surface area contributed by atoms with Crippen LogP contribution in [0.4, 0.5) is 17.1 Å². The zero-order chi connectivity index (χ0) is 21.5. The maximum Gasteiger partial charge on any atom is 0.310 e. The third-order valence-electron chi connectivity index (χ3n) is 4.20. The zero-order valence-corrected chi connectivity index (χ0v) is 16.1. The first kappa shape index (κ1) is 20.5. The summed E-state index contributed by atoms with van der Waals surface area (Å²) in [6, 6.07) is 21.3. The minimum atomic E-state index is -1.03. The highest BCUT2D eigenvalue weighted by Crippen LogP contribution is 2.27. The Bertz CT molecular complexity index is 1070. The predicted molar refractivity (Wildman–Crippen MR) is 113 cm³/mol. The van der Waals surface area contributed by atoms with Crippen LogP contribution in [0.2, 0.25) is 0 Å². The van der Waals surface area contributed by atoms with Gasteiger partial charge in [-0.2, -0.15) is 0 Å². The summed E-state index contributed by atoms with van der Waals surface area (Å²) in [6.07, 6.45) is -1.03. The van der Waals surface area contributed by atoms with E-state index in [0.717, 1.165) is 0 Å². The summed E-state index contributed by atoms with van der Waals surface area (Å²) < 4.78 is 5.48. The molecule has 152 valence electrons. The average molecular weight is 405 g/mol. The third-order valence-corrected chi connectivity index (χ3v) is 4.20. The number of carbonyl (C=O) groups excluding carboxylic acids is 2. The molecule has 3 rings (SSSR count). The largest absolute Gasteiger partial charge is 0.474 e. The van der Waals surface area contributed by atoms with Crippen LogP contribution in [-0.4, -0.2) is 22.8 Å². The maximum atomic E-state index is 12.6. The van der Waals surface area contributed by atoms with Crippen LogP contribution in [-0.2, 0) is 4.79 Å². The summed E-state index contributed by atoms with van der Waals surface area (Å²) in [5.74, 6) is -0.947. The molecule has 0 bridgehead atoms. The second-order valence-corrected chi connectivity index (χ2v) is 6.34. The van der Waals surface area contributed by atoms with Gasteiger partial charge in [0.2, 0.25) is 0 Å². The number of ether oxygens (including phenoxy) is 1. The Labute approximate surface area is 172 Å². The van der Waals surface area contributed by atoms with E-state index in [1.165, 1.54) is 25.1 Å². The molecule has 3 aromatic rings. The lowest BCUT2D eigenvalue weighted by atomic mass is 10.1. The monoisotopic (exact) mass is 405 g/mol. The van der Waals surface area contributed by atoms with Crippen molar-refractivity contribution < 1.29 is 19.2 Å². The second-order valence-electron chi connectivity index (χ2n) is 6.34. The molecule has 0 aliphatic heterocycles. The van der Waals surface area contributed by atoms with E-state index in [4.69, 9.17) is 4.74 Å². The molecule has 0 aliphatic carbocycles. The fourth-order valence-electron chi connectivity index (χ4n) is 2.70. The van der Waals surface area contributed by atoms with Crippen molar-refractivity contribution in [3.8, 4) is 5.75 Å². The topological polar surface area (TPSA) is 111 Å². The SMILES string of the molecule is CC(Oc1ccccc1[N+](=O)[O-])C(=O)Nc1ccccc1C(=O)Nc1ccccc1. The predicted octanol–water partition coefficient (Wildman–Crippen LogP) is 4.25. The molecule has 1 atom stereocenters. The number of hydrogen-bond donors (Lipinski definition) is 2. The summed E-state index contributed by atoms with van der Waals surface area (Å²) in [4.78, 5) is 35.8. The van der Waals surface area contributed by atoms with Gasteiger partial charge in [-0.05, 0) is 37.3 Å². The van der Waals surface area contributed by atoms with Gasteiger partial charge in [-0.1, -0.05) is 42.5 Å². The minimum absolute atomic E-state index is 0.0137. The fourth-order valence-corrected chi connectivity index (χ4v) is 2.70. The number of para-hydroxylation sites is 4. The van der Waals surface area contributed by atoms with Crippen LogP contribution in [0.15, 0.2) is 78.9 Å². The Morgan fingerprint density at radius 2 is 1.53 bits per heavy atom. The summed E-state index contributed by atoms with van der Waals surface area (Å²) in [5.41, 5.74) is 0.957. The molecule has 3 aromatic carbocycles. The van der Waals surface area contributed by atoms with E-state index in [9.17, 15) is 19.7 Å². The van der Waals surface area contributed by atoms with Crippen LogP contribution in [0.1, 0.15) is 17.3 Å². The van der Waals surface area contributed by atoms with Gasteiger partial charge in [-0.25, -0.2) is 0 Å². The fraction of sp³-hybridized carbons (Fsp3) is 0.0909. The van der Waals surface area contributed by atoms with Crippen LogP contribution in [0.25, 0.3) is 0 Å². The molecule has 0 fully saturated rings. The first-order valence-electron chi connectivity index (χ1n) is 9.12. The second kappa shape index (κ2) is 9.33. The molecule has 0 heterocycles. The van der Waals surface area contributed by atoms with E-state index >= 15 is 0 Å². The van der Waals surface area contributed by atoms with Crippen molar-refractivity contribution in [1.29, 1.82) is 0 Å². The highest BCUT2D eigenvalue weighted by atomic mass is 16.6. The van der Waals surface area contributed by atoms with Crippen molar-refractivity contribution in [3.63, 3.8) is 0 Å². The van der Waals surface area contributed by atoms with Crippen LogP contribution in [0.3, 0.4) is 0 Å². The van der Waals surface area contributed by atoms with Crippen LogP contribution < -0.4 is 15.4 Å². The lowest BCUT2D eigenvalue weighted by Gasteiger charge is -2.16. The van der Waals surface area contributed by atoms with Gasteiger partial charge in [0, 0.05) is 11.8 Å². The number of benzene rings is 3. The smallest absolute Gasteiger partial charge is 0.310 e. The summed E-state index contributed by atoms with van der Waals surface area (Å²) >= 11 is 0. The first-order valence-corrected chi connectivity index (χ1v) is 9.12. The molecule has 0 aliphatic rings. The number of rotatable bonds is 7. The number of amides is 2. The van der Waals surface area contributed by atoms with Crippen molar-refractivity contribution in [2.75, 3.05) is 10.6 Å². The molecule has 0 aromatic heterocycles. The molecular weight excluding hydrogens is 386 g/mol. The van der Waals surface area contributed by atoms with Gasteiger partial charge in [0.1, 0.15) is 0 Å². The summed E-state index contributed by atoms with van der Waals surface area (Å²) in [6.45, 7) is 1.47. The molecular formula is C22H19N3O5. The lowest BCUT2D eigenvalue weighted by molar-refractivity contribution is -0.386. The molecule has 8 heteroatoms. The van der Waals surface area contributed by atoms with Gasteiger partial charge in [0.25, 0.3) is 11.8 Å². The van der Waals surface area contributed by atoms with E-state index in [-0.39, 0.29) is 22.9 Å². The number of carbonyl (C=O) groups is 2. The normalized spacial score (nSPS) is 11.2. The Morgan fingerprint density at radius 1 is 0.900 bits per heavy atom. The van der Waals surface area contributed by atoms with E-state index < -0.39 is 16.9 Å². The van der Waals surface area contributed by atoms with Crippen molar-refractivity contribution in [2.45, 2.75) is 13.0 Å². The van der Waals surface area contributed by atoms with E-state index in [0.29, 0.717) is 11.4 Å². The quantitative estimate of drug-likeness (QED) is 0.451. The van der Waals surface area contributed by atoms with Crippen molar-refractivity contribution in [2.24, 2.45) is 0 Å². The standard InChI is InChI=1S/C22H19N3O5/c1-15(30-20-14-8-7-13-19(20)25(28)29)21(26)24-18-12-6-5-11-17(18)22(27)23-16-9-3-2-4-10-16/h2-15H,1H3,(H,23,27)(H,24,26). The van der Waals surface area contributed by atoms with Crippen molar-refractivity contribution in [1.82, 2.24) is 0 Å². The van der Waals surface area contributed by atoms with Crippen molar-refractivity contribution in [3.05, 3.63) is 94.5 Å². The number of anilines is 2. The number of nitrogens with zero attached hydrogens (tertiary/aromatic N) is 1. The van der Waals surface area contributed by atoms with Crippen molar-refractivity contribution >= 4 is 28.9 Å². The molecule has 0 saturated heterocycles. The Hall–Kier alpha value is -4.20. The first-order chi connectivity index (χ1) is 14.5.